The highest BCUT2D eigenvalue weighted by Gasteiger charge is 2.21. The molecule has 1 aromatic rings. The number of rotatable bonds is 3. The van der Waals surface area contributed by atoms with Gasteiger partial charge in [0.1, 0.15) is 0 Å². The third-order valence-electron chi connectivity index (χ3n) is 2.63. The molecule has 1 aliphatic carbocycles. The van der Waals surface area contributed by atoms with Gasteiger partial charge in [-0.15, -0.1) is 0 Å². The number of carboxylic acids is 1. The number of fused-ring (bicyclic) bond motifs is 1. The molecule has 0 spiro atoms. The van der Waals surface area contributed by atoms with Crippen molar-refractivity contribution in [1.29, 1.82) is 0 Å². The molecule has 0 saturated heterocycles. The summed E-state index contributed by atoms with van der Waals surface area (Å²) in [7, 11) is 0. The highest BCUT2D eigenvalue weighted by molar-refractivity contribution is 5.69. The molecule has 14 heavy (non-hydrogen) atoms. The number of hydrogen-bond donors (Lipinski definition) is 2. The Balaban J connectivity index is 2.07. The summed E-state index contributed by atoms with van der Waals surface area (Å²) < 4.78 is 0. The fourth-order valence-corrected chi connectivity index (χ4v) is 1.98. The zero-order valence-corrected chi connectivity index (χ0v) is 7.86. The lowest BCUT2D eigenvalue weighted by molar-refractivity contribution is -0.136. The summed E-state index contributed by atoms with van der Waals surface area (Å²) in [6.07, 6.45) is 2.06. The van der Waals surface area contributed by atoms with Gasteiger partial charge in [0, 0.05) is 6.04 Å². The zero-order valence-electron chi connectivity index (χ0n) is 7.86. The van der Waals surface area contributed by atoms with E-state index in [1.807, 2.05) is 12.1 Å². The van der Waals surface area contributed by atoms with Gasteiger partial charge in [-0.05, 0) is 24.0 Å². The van der Waals surface area contributed by atoms with Crippen LogP contribution in [0, 0.1) is 0 Å². The molecule has 0 saturated carbocycles. The van der Waals surface area contributed by atoms with Crippen LogP contribution in [0.3, 0.4) is 0 Å². The molecular weight excluding hydrogens is 178 g/mol. The molecule has 0 heterocycles. The molecule has 0 aromatic heterocycles. The van der Waals surface area contributed by atoms with Gasteiger partial charge in [-0.2, -0.15) is 0 Å². The Kier molecular flexibility index (Phi) is 2.50. The van der Waals surface area contributed by atoms with Crippen LogP contribution < -0.4 is 5.32 Å². The molecule has 1 aromatic carbocycles. The number of aryl methyl sites for hydroxylation is 1. The van der Waals surface area contributed by atoms with E-state index >= 15 is 0 Å². The third-order valence-corrected chi connectivity index (χ3v) is 2.63. The van der Waals surface area contributed by atoms with Gasteiger partial charge in [0.15, 0.2) is 0 Å². The molecule has 3 heteroatoms. The normalized spacial score (nSPS) is 19.3. The molecule has 0 radical (unpaired) electrons. The Morgan fingerprint density at radius 2 is 2.29 bits per heavy atom. The maximum atomic E-state index is 10.4. The average Bonchev–Trinajstić information content (AvgIpc) is 2.58. The van der Waals surface area contributed by atoms with Gasteiger partial charge in [0.2, 0.25) is 0 Å². The topological polar surface area (TPSA) is 49.3 Å². The second-order valence-electron chi connectivity index (χ2n) is 3.56. The van der Waals surface area contributed by atoms with Crippen molar-refractivity contribution in [2.24, 2.45) is 0 Å². The van der Waals surface area contributed by atoms with E-state index in [2.05, 4.69) is 17.4 Å². The van der Waals surface area contributed by atoms with Crippen molar-refractivity contribution in [1.82, 2.24) is 5.32 Å². The van der Waals surface area contributed by atoms with Gasteiger partial charge in [0.25, 0.3) is 0 Å². The number of hydrogen-bond acceptors (Lipinski definition) is 2. The Morgan fingerprint density at radius 1 is 1.50 bits per heavy atom. The molecule has 0 aliphatic heterocycles. The van der Waals surface area contributed by atoms with Gasteiger partial charge in [-0.1, -0.05) is 24.3 Å². The smallest absolute Gasteiger partial charge is 0.317 e. The molecule has 0 fully saturated rings. The summed E-state index contributed by atoms with van der Waals surface area (Å²) in [6.45, 7) is 0.0407. The molecule has 74 valence electrons. The quantitative estimate of drug-likeness (QED) is 0.758. The Bertz CT molecular complexity index is 349. The van der Waals surface area contributed by atoms with Crippen LogP contribution >= 0.6 is 0 Å². The van der Waals surface area contributed by atoms with E-state index in [0.29, 0.717) is 0 Å². The second kappa shape index (κ2) is 3.80. The first-order valence-corrected chi connectivity index (χ1v) is 4.80. The lowest BCUT2D eigenvalue weighted by Crippen LogP contribution is -2.25. The molecule has 0 bridgehead atoms. The number of carbonyl (C=O) groups is 1. The average molecular weight is 191 g/mol. The fourth-order valence-electron chi connectivity index (χ4n) is 1.98. The SMILES string of the molecule is O=C(O)CN[C@H]1CCc2ccccc21. The standard InChI is InChI=1S/C11H13NO2/c13-11(14)7-12-10-6-5-8-3-1-2-4-9(8)10/h1-4,10,12H,5-7H2,(H,13,14)/t10-/m0/s1. The summed E-state index contributed by atoms with van der Waals surface area (Å²) in [6, 6.07) is 8.43. The second-order valence-corrected chi connectivity index (χ2v) is 3.56. The molecule has 0 unspecified atom stereocenters. The monoisotopic (exact) mass is 191 g/mol. The highest BCUT2D eigenvalue weighted by Crippen LogP contribution is 2.30. The predicted octanol–water partition coefficient (Wildman–Crippen LogP) is 1.35. The molecular formula is C11H13NO2. The van der Waals surface area contributed by atoms with Gasteiger partial charge in [-0.25, -0.2) is 0 Å². The van der Waals surface area contributed by atoms with Crippen LogP contribution in [0.1, 0.15) is 23.6 Å². The van der Waals surface area contributed by atoms with Crippen LogP contribution in [0.15, 0.2) is 24.3 Å². The minimum atomic E-state index is -0.797. The van der Waals surface area contributed by atoms with Crippen LogP contribution in [-0.2, 0) is 11.2 Å². The van der Waals surface area contributed by atoms with Crippen molar-refractivity contribution < 1.29 is 9.90 Å². The summed E-state index contributed by atoms with van der Waals surface area (Å²) in [5, 5.41) is 11.6. The van der Waals surface area contributed by atoms with Crippen molar-refractivity contribution in [2.75, 3.05) is 6.54 Å². The van der Waals surface area contributed by atoms with E-state index in [9.17, 15) is 4.79 Å². The Morgan fingerprint density at radius 3 is 3.07 bits per heavy atom. The van der Waals surface area contributed by atoms with Crippen LogP contribution in [0.2, 0.25) is 0 Å². The lowest BCUT2D eigenvalue weighted by Gasteiger charge is -2.11. The summed E-state index contributed by atoms with van der Waals surface area (Å²) in [5.41, 5.74) is 2.60. The summed E-state index contributed by atoms with van der Waals surface area (Å²) in [4.78, 5) is 10.4. The first-order valence-electron chi connectivity index (χ1n) is 4.80. The van der Waals surface area contributed by atoms with E-state index in [4.69, 9.17) is 5.11 Å². The first kappa shape index (κ1) is 9.21. The maximum Gasteiger partial charge on any atom is 0.317 e. The first-order chi connectivity index (χ1) is 6.77. The van der Waals surface area contributed by atoms with Crippen molar-refractivity contribution in [2.45, 2.75) is 18.9 Å². The van der Waals surface area contributed by atoms with E-state index in [-0.39, 0.29) is 12.6 Å². The fraction of sp³-hybridized carbons (Fsp3) is 0.364. The van der Waals surface area contributed by atoms with Gasteiger partial charge in [0.05, 0.1) is 6.54 Å². The molecule has 2 rings (SSSR count). The van der Waals surface area contributed by atoms with Gasteiger partial charge in [-0.3, -0.25) is 4.79 Å². The molecule has 1 atom stereocenters. The van der Waals surface area contributed by atoms with Crippen molar-refractivity contribution in [3.8, 4) is 0 Å². The van der Waals surface area contributed by atoms with E-state index in [1.54, 1.807) is 0 Å². The minimum absolute atomic E-state index is 0.0407. The Hall–Kier alpha value is -1.35. The van der Waals surface area contributed by atoms with Gasteiger partial charge < -0.3 is 10.4 Å². The predicted molar refractivity (Wildman–Crippen MR) is 53.1 cm³/mol. The van der Waals surface area contributed by atoms with Crippen LogP contribution in [0.5, 0.6) is 0 Å². The van der Waals surface area contributed by atoms with Gasteiger partial charge >= 0.3 is 5.97 Å². The molecule has 2 N–H and O–H groups in total. The Labute approximate surface area is 82.8 Å². The third kappa shape index (κ3) is 1.77. The van der Waals surface area contributed by atoms with Crippen LogP contribution in [-0.4, -0.2) is 17.6 Å². The van der Waals surface area contributed by atoms with Crippen molar-refractivity contribution in [3.63, 3.8) is 0 Å². The number of nitrogens with one attached hydrogen (secondary N) is 1. The molecule has 1 aliphatic rings. The van der Waals surface area contributed by atoms with Crippen molar-refractivity contribution >= 4 is 5.97 Å². The summed E-state index contributed by atoms with van der Waals surface area (Å²) in [5.74, 6) is -0.797. The highest BCUT2D eigenvalue weighted by atomic mass is 16.4. The van der Waals surface area contributed by atoms with Crippen molar-refractivity contribution in [3.05, 3.63) is 35.4 Å². The van der Waals surface area contributed by atoms with E-state index < -0.39 is 5.97 Å². The van der Waals surface area contributed by atoms with Crippen LogP contribution in [0.4, 0.5) is 0 Å². The van der Waals surface area contributed by atoms with Crippen LogP contribution in [0.25, 0.3) is 0 Å². The van der Waals surface area contributed by atoms with E-state index in [1.165, 1.54) is 11.1 Å². The lowest BCUT2D eigenvalue weighted by atomic mass is 10.1. The zero-order chi connectivity index (χ0) is 9.97. The van der Waals surface area contributed by atoms with E-state index in [0.717, 1.165) is 12.8 Å². The largest absolute Gasteiger partial charge is 0.480 e. The molecule has 3 nitrogen and oxygen atoms in total. The summed E-state index contributed by atoms with van der Waals surface area (Å²) >= 11 is 0. The minimum Gasteiger partial charge on any atom is -0.480 e. The number of carboxylic acid groups (broad SMARTS) is 1. The number of aliphatic carboxylic acids is 1. The number of benzene rings is 1. The maximum absolute atomic E-state index is 10.4. The molecule has 0 amide bonds.